The standard InChI is InChI=1S/C15H33N3/c1-6-16-10-14-7-8-18(11-14)15(9-13(2)3)12-17(4)5/h13-16H,6-12H2,1-5H3. The number of likely N-dealkylation sites (N-methyl/N-ethyl adjacent to an activating group) is 1. The van der Waals surface area contributed by atoms with Crippen molar-refractivity contribution in [3.63, 3.8) is 0 Å². The minimum absolute atomic E-state index is 0.742. The van der Waals surface area contributed by atoms with Crippen molar-refractivity contribution in [2.24, 2.45) is 11.8 Å². The molecule has 18 heavy (non-hydrogen) atoms. The SMILES string of the molecule is CCNCC1CCN(C(CC(C)C)CN(C)C)C1. The third-order valence-electron chi connectivity index (χ3n) is 3.84. The first kappa shape index (κ1) is 15.9. The first-order chi connectivity index (χ1) is 8.52. The summed E-state index contributed by atoms with van der Waals surface area (Å²) in [7, 11) is 4.39. The maximum absolute atomic E-state index is 3.49. The molecule has 0 saturated carbocycles. The molecule has 0 aromatic heterocycles. The molecular weight excluding hydrogens is 222 g/mol. The highest BCUT2D eigenvalue weighted by molar-refractivity contribution is 4.84. The Balaban J connectivity index is 2.43. The average molecular weight is 255 g/mol. The topological polar surface area (TPSA) is 18.5 Å². The third-order valence-corrected chi connectivity index (χ3v) is 3.84. The second-order valence-electron chi connectivity index (χ2n) is 6.50. The van der Waals surface area contributed by atoms with E-state index in [0.29, 0.717) is 0 Å². The van der Waals surface area contributed by atoms with Crippen LogP contribution < -0.4 is 5.32 Å². The Bertz CT molecular complexity index is 206. The normalized spacial score (nSPS) is 23.2. The molecule has 0 aromatic carbocycles. The van der Waals surface area contributed by atoms with Crippen LogP contribution in [0.4, 0.5) is 0 Å². The van der Waals surface area contributed by atoms with Gasteiger partial charge in [0.05, 0.1) is 0 Å². The quantitative estimate of drug-likeness (QED) is 0.714. The second-order valence-corrected chi connectivity index (χ2v) is 6.50. The third kappa shape index (κ3) is 5.68. The lowest BCUT2D eigenvalue weighted by molar-refractivity contribution is 0.166. The molecule has 0 amide bonds. The van der Waals surface area contributed by atoms with Crippen molar-refractivity contribution >= 4 is 0 Å². The fraction of sp³-hybridized carbons (Fsp3) is 1.00. The van der Waals surface area contributed by atoms with Crippen molar-refractivity contribution in [2.45, 2.75) is 39.7 Å². The number of nitrogens with one attached hydrogen (secondary N) is 1. The molecule has 0 bridgehead atoms. The lowest BCUT2D eigenvalue weighted by Crippen LogP contribution is -2.42. The van der Waals surface area contributed by atoms with Crippen molar-refractivity contribution in [3.8, 4) is 0 Å². The zero-order valence-electron chi connectivity index (χ0n) is 13.1. The molecule has 2 atom stereocenters. The van der Waals surface area contributed by atoms with Gasteiger partial charge in [0.15, 0.2) is 0 Å². The molecule has 1 aliphatic rings. The van der Waals surface area contributed by atoms with E-state index >= 15 is 0 Å². The van der Waals surface area contributed by atoms with E-state index < -0.39 is 0 Å². The molecule has 1 heterocycles. The smallest absolute Gasteiger partial charge is 0.0225 e. The highest BCUT2D eigenvalue weighted by Crippen LogP contribution is 2.22. The zero-order valence-corrected chi connectivity index (χ0v) is 13.1. The van der Waals surface area contributed by atoms with Gasteiger partial charge in [0, 0.05) is 19.1 Å². The summed E-state index contributed by atoms with van der Waals surface area (Å²) < 4.78 is 0. The summed E-state index contributed by atoms with van der Waals surface area (Å²) >= 11 is 0. The Hall–Kier alpha value is -0.120. The summed E-state index contributed by atoms with van der Waals surface area (Å²) in [6.45, 7) is 13.0. The van der Waals surface area contributed by atoms with Crippen LogP contribution in [-0.2, 0) is 0 Å². The van der Waals surface area contributed by atoms with Crippen LogP contribution in [0.25, 0.3) is 0 Å². The average Bonchev–Trinajstić information content (AvgIpc) is 2.72. The first-order valence-electron chi connectivity index (χ1n) is 7.62. The highest BCUT2D eigenvalue weighted by atomic mass is 15.2. The van der Waals surface area contributed by atoms with Gasteiger partial charge in [-0.25, -0.2) is 0 Å². The van der Waals surface area contributed by atoms with E-state index in [1.54, 1.807) is 0 Å². The predicted molar refractivity (Wildman–Crippen MR) is 80.0 cm³/mol. The van der Waals surface area contributed by atoms with E-state index in [1.807, 2.05) is 0 Å². The molecule has 0 aromatic rings. The fourth-order valence-corrected chi connectivity index (χ4v) is 3.01. The van der Waals surface area contributed by atoms with E-state index in [-0.39, 0.29) is 0 Å². The Labute approximate surface area is 114 Å². The fourth-order valence-electron chi connectivity index (χ4n) is 3.01. The van der Waals surface area contributed by atoms with Gasteiger partial charge < -0.3 is 10.2 Å². The van der Waals surface area contributed by atoms with Gasteiger partial charge >= 0.3 is 0 Å². The van der Waals surface area contributed by atoms with Gasteiger partial charge in [-0.05, 0) is 58.4 Å². The predicted octanol–water partition coefficient (Wildman–Crippen LogP) is 1.89. The molecule has 1 saturated heterocycles. The van der Waals surface area contributed by atoms with Crippen LogP contribution in [0, 0.1) is 11.8 Å². The minimum Gasteiger partial charge on any atom is -0.317 e. The Morgan fingerprint density at radius 1 is 1.33 bits per heavy atom. The number of hydrogen-bond donors (Lipinski definition) is 1. The van der Waals surface area contributed by atoms with E-state index in [4.69, 9.17) is 0 Å². The van der Waals surface area contributed by atoms with Gasteiger partial charge in [0.1, 0.15) is 0 Å². The van der Waals surface area contributed by atoms with Gasteiger partial charge in [0.2, 0.25) is 0 Å². The number of rotatable bonds is 8. The highest BCUT2D eigenvalue weighted by Gasteiger charge is 2.28. The van der Waals surface area contributed by atoms with Gasteiger partial charge in [-0.1, -0.05) is 20.8 Å². The second kappa shape index (κ2) is 8.13. The monoisotopic (exact) mass is 255 g/mol. The number of nitrogens with zero attached hydrogens (tertiary/aromatic N) is 2. The number of hydrogen-bond acceptors (Lipinski definition) is 3. The summed E-state index contributed by atoms with van der Waals surface area (Å²) in [4.78, 5) is 5.06. The summed E-state index contributed by atoms with van der Waals surface area (Å²) in [5.41, 5.74) is 0. The van der Waals surface area contributed by atoms with Crippen LogP contribution >= 0.6 is 0 Å². The van der Waals surface area contributed by atoms with E-state index in [9.17, 15) is 0 Å². The van der Waals surface area contributed by atoms with Crippen LogP contribution in [0.3, 0.4) is 0 Å². The molecule has 1 fully saturated rings. The molecular formula is C15H33N3. The van der Waals surface area contributed by atoms with E-state index in [1.165, 1.54) is 39.0 Å². The molecule has 2 unspecified atom stereocenters. The molecule has 108 valence electrons. The van der Waals surface area contributed by atoms with Crippen LogP contribution in [0.2, 0.25) is 0 Å². The van der Waals surface area contributed by atoms with Crippen molar-refractivity contribution in [1.82, 2.24) is 15.1 Å². The van der Waals surface area contributed by atoms with Crippen molar-refractivity contribution in [3.05, 3.63) is 0 Å². The van der Waals surface area contributed by atoms with Gasteiger partial charge in [-0.15, -0.1) is 0 Å². The Morgan fingerprint density at radius 2 is 2.06 bits per heavy atom. The molecule has 0 spiro atoms. The van der Waals surface area contributed by atoms with E-state index in [0.717, 1.165) is 24.4 Å². The summed E-state index contributed by atoms with van der Waals surface area (Å²) in [5, 5.41) is 3.49. The van der Waals surface area contributed by atoms with Crippen LogP contribution in [0.1, 0.15) is 33.6 Å². The molecule has 1 rings (SSSR count). The lowest BCUT2D eigenvalue weighted by atomic mass is 10.0. The maximum Gasteiger partial charge on any atom is 0.0225 e. The zero-order chi connectivity index (χ0) is 13.5. The van der Waals surface area contributed by atoms with Gasteiger partial charge in [0.25, 0.3) is 0 Å². The maximum atomic E-state index is 3.49. The van der Waals surface area contributed by atoms with Crippen LogP contribution in [0.5, 0.6) is 0 Å². The minimum atomic E-state index is 0.742. The Kier molecular flexibility index (Phi) is 7.20. The first-order valence-corrected chi connectivity index (χ1v) is 7.62. The summed E-state index contributed by atoms with van der Waals surface area (Å²) in [6.07, 6.45) is 2.70. The summed E-state index contributed by atoms with van der Waals surface area (Å²) in [5.74, 6) is 1.66. The van der Waals surface area contributed by atoms with Crippen molar-refractivity contribution in [1.29, 1.82) is 0 Å². The van der Waals surface area contributed by atoms with Crippen LogP contribution in [-0.4, -0.2) is 62.7 Å². The van der Waals surface area contributed by atoms with E-state index in [2.05, 4.69) is 50.0 Å². The van der Waals surface area contributed by atoms with Gasteiger partial charge in [-0.2, -0.15) is 0 Å². The Morgan fingerprint density at radius 3 is 2.61 bits per heavy atom. The largest absolute Gasteiger partial charge is 0.317 e. The molecule has 0 aliphatic carbocycles. The molecule has 1 N–H and O–H groups in total. The van der Waals surface area contributed by atoms with Crippen LogP contribution in [0.15, 0.2) is 0 Å². The molecule has 0 radical (unpaired) electrons. The summed E-state index contributed by atoms with van der Waals surface area (Å²) in [6, 6.07) is 0.742. The van der Waals surface area contributed by atoms with Gasteiger partial charge in [-0.3, -0.25) is 4.90 Å². The molecule has 3 nitrogen and oxygen atoms in total. The molecule has 3 heteroatoms. The van der Waals surface area contributed by atoms with Crippen molar-refractivity contribution in [2.75, 3.05) is 46.8 Å². The number of likely N-dealkylation sites (tertiary alicyclic amines) is 1. The van der Waals surface area contributed by atoms with Crippen molar-refractivity contribution < 1.29 is 0 Å². The molecule has 1 aliphatic heterocycles. The lowest BCUT2D eigenvalue weighted by Gasteiger charge is -2.31.